The molecule has 4 atom stereocenters. The normalized spacial score (nSPS) is 30.8. The molecule has 0 spiro atoms. The molecule has 3 rings (SSSR count). The number of rotatable bonds is 3. The van der Waals surface area contributed by atoms with Crippen LogP contribution in [0.3, 0.4) is 0 Å². The molecule has 1 aliphatic heterocycles. The molecule has 1 saturated heterocycles. The van der Waals surface area contributed by atoms with Gasteiger partial charge in [-0.05, 0) is 24.3 Å². The zero-order valence-electron chi connectivity index (χ0n) is 11.2. The van der Waals surface area contributed by atoms with Gasteiger partial charge in [-0.3, -0.25) is 4.79 Å². The summed E-state index contributed by atoms with van der Waals surface area (Å²) in [5.41, 5.74) is 0.946. The van der Waals surface area contributed by atoms with Crippen LogP contribution >= 0.6 is 0 Å². The van der Waals surface area contributed by atoms with Crippen LogP contribution in [-0.2, 0) is 16.1 Å². The molecule has 1 saturated carbocycles. The van der Waals surface area contributed by atoms with Gasteiger partial charge in [0.2, 0.25) is 0 Å². The van der Waals surface area contributed by atoms with Crippen molar-refractivity contribution in [3.8, 4) is 0 Å². The summed E-state index contributed by atoms with van der Waals surface area (Å²) in [7, 11) is 0. The number of aliphatic carboxylic acids is 1. The largest absolute Gasteiger partial charge is 0.481 e. The molecule has 5 nitrogen and oxygen atoms in total. The second kappa shape index (κ2) is 4.81. The van der Waals surface area contributed by atoms with Crippen LogP contribution in [-0.4, -0.2) is 34.7 Å². The van der Waals surface area contributed by atoms with Crippen LogP contribution in [0.1, 0.15) is 12.5 Å². The lowest BCUT2D eigenvalue weighted by atomic mass is 10.2. The molecule has 1 amide bonds. The fourth-order valence-electron chi connectivity index (χ4n) is 3.29. The van der Waals surface area contributed by atoms with Crippen molar-refractivity contribution in [1.82, 2.24) is 4.90 Å². The number of carboxylic acids is 1. The molecule has 106 valence electrons. The van der Waals surface area contributed by atoms with E-state index < -0.39 is 5.97 Å². The number of carbonyl (C=O) groups is 2. The van der Waals surface area contributed by atoms with Crippen molar-refractivity contribution in [2.24, 2.45) is 17.8 Å². The highest BCUT2D eigenvalue weighted by atomic mass is 16.6. The maximum absolute atomic E-state index is 12.0. The van der Waals surface area contributed by atoms with E-state index in [1.165, 1.54) is 0 Å². The van der Waals surface area contributed by atoms with Gasteiger partial charge in [-0.15, -0.1) is 0 Å². The van der Waals surface area contributed by atoms with Gasteiger partial charge in [0.1, 0.15) is 6.61 Å². The van der Waals surface area contributed by atoms with Gasteiger partial charge in [0, 0.05) is 12.6 Å². The first-order chi connectivity index (χ1) is 9.59. The van der Waals surface area contributed by atoms with Crippen LogP contribution in [0.25, 0.3) is 0 Å². The molecule has 4 unspecified atom stereocenters. The first kappa shape index (κ1) is 13.0. The lowest BCUT2D eigenvalue weighted by molar-refractivity contribution is -0.139. The number of hydrogen-bond donors (Lipinski definition) is 1. The molecule has 1 heterocycles. The Labute approximate surface area is 117 Å². The van der Waals surface area contributed by atoms with Crippen molar-refractivity contribution in [2.45, 2.75) is 19.6 Å². The second-order valence-electron chi connectivity index (χ2n) is 5.54. The Bertz CT molecular complexity index is 530. The Morgan fingerprint density at radius 1 is 1.35 bits per heavy atom. The van der Waals surface area contributed by atoms with Crippen molar-refractivity contribution in [1.29, 1.82) is 0 Å². The van der Waals surface area contributed by atoms with E-state index in [1.54, 1.807) is 4.90 Å². The topological polar surface area (TPSA) is 66.8 Å². The van der Waals surface area contributed by atoms with Gasteiger partial charge in [-0.2, -0.15) is 0 Å². The predicted octanol–water partition coefficient (Wildman–Crippen LogP) is 1.97. The smallest absolute Gasteiger partial charge is 0.410 e. The maximum atomic E-state index is 12.0. The van der Waals surface area contributed by atoms with Crippen LogP contribution in [0.4, 0.5) is 4.79 Å². The Morgan fingerprint density at radius 2 is 2.05 bits per heavy atom. The lowest BCUT2D eigenvalue weighted by Gasteiger charge is -2.24. The van der Waals surface area contributed by atoms with E-state index >= 15 is 0 Å². The second-order valence-corrected chi connectivity index (χ2v) is 5.54. The van der Waals surface area contributed by atoms with Crippen molar-refractivity contribution in [3.63, 3.8) is 0 Å². The fraction of sp³-hybridized carbons (Fsp3) is 0.467. The number of ether oxygens (including phenoxy) is 1. The minimum absolute atomic E-state index is 0.0515. The molecule has 5 heteroatoms. The predicted molar refractivity (Wildman–Crippen MR) is 70.9 cm³/mol. The number of likely N-dealkylation sites (tertiary alicyclic amines) is 1. The van der Waals surface area contributed by atoms with Gasteiger partial charge in [-0.25, -0.2) is 4.79 Å². The van der Waals surface area contributed by atoms with E-state index in [2.05, 4.69) is 0 Å². The molecule has 1 aromatic rings. The van der Waals surface area contributed by atoms with E-state index in [9.17, 15) is 9.59 Å². The highest BCUT2D eigenvalue weighted by Crippen LogP contribution is 2.55. The zero-order valence-corrected chi connectivity index (χ0v) is 11.2. The third-order valence-electron chi connectivity index (χ3n) is 4.41. The number of benzene rings is 1. The Balaban J connectivity index is 1.54. The molecule has 2 aliphatic rings. The highest BCUT2D eigenvalue weighted by molar-refractivity contribution is 5.77. The van der Waals surface area contributed by atoms with E-state index in [0.717, 1.165) is 5.56 Å². The number of carbonyl (C=O) groups excluding carboxylic acids is 1. The molecular formula is C15H17NO4. The highest BCUT2D eigenvalue weighted by Gasteiger charge is 2.64. The monoisotopic (exact) mass is 275 g/mol. The molecule has 1 aromatic carbocycles. The van der Waals surface area contributed by atoms with E-state index in [4.69, 9.17) is 9.84 Å². The Hall–Kier alpha value is -2.04. The van der Waals surface area contributed by atoms with Gasteiger partial charge in [0.15, 0.2) is 0 Å². The molecule has 0 bridgehead atoms. The summed E-state index contributed by atoms with van der Waals surface area (Å²) in [5.74, 6) is -0.823. The van der Waals surface area contributed by atoms with Crippen LogP contribution in [0.2, 0.25) is 0 Å². The average molecular weight is 275 g/mol. The summed E-state index contributed by atoms with van der Waals surface area (Å²) < 4.78 is 5.29. The number of carboxylic acid groups (broad SMARTS) is 1. The zero-order chi connectivity index (χ0) is 14.3. The SMILES string of the molecule is CC1C2C(CN1C(=O)OCc1ccccc1)C2C(=O)O. The van der Waals surface area contributed by atoms with Crippen molar-refractivity contribution < 1.29 is 19.4 Å². The first-order valence-corrected chi connectivity index (χ1v) is 6.79. The van der Waals surface area contributed by atoms with Crippen molar-refractivity contribution in [2.75, 3.05) is 6.54 Å². The van der Waals surface area contributed by atoms with Gasteiger partial charge in [0.05, 0.1) is 5.92 Å². The minimum atomic E-state index is -0.746. The van der Waals surface area contributed by atoms with Gasteiger partial charge < -0.3 is 14.7 Å². The van der Waals surface area contributed by atoms with E-state index in [-0.39, 0.29) is 36.5 Å². The van der Waals surface area contributed by atoms with Crippen LogP contribution < -0.4 is 0 Å². The third kappa shape index (κ3) is 2.13. The summed E-state index contributed by atoms with van der Waals surface area (Å²) in [4.78, 5) is 24.7. The van der Waals surface area contributed by atoms with E-state index in [0.29, 0.717) is 6.54 Å². The van der Waals surface area contributed by atoms with Crippen molar-refractivity contribution in [3.05, 3.63) is 35.9 Å². The van der Waals surface area contributed by atoms with Gasteiger partial charge >= 0.3 is 12.1 Å². The standard InChI is InChI=1S/C15H17NO4/c1-9-12-11(13(12)14(17)18)7-16(9)15(19)20-8-10-5-3-2-4-6-10/h2-6,9,11-13H,7-8H2,1H3,(H,17,18). The molecule has 20 heavy (non-hydrogen) atoms. The molecule has 1 N–H and O–H groups in total. The molecule has 1 aliphatic carbocycles. The number of nitrogens with zero attached hydrogens (tertiary/aromatic N) is 1. The van der Waals surface area contributed by atoms with Gasteiger partial charge in [-0.1, -0.05) is 30.3 Å². The Kier molecular flexibility index (Phi) is 3.12. The molecule has 0 radical (unpaired) electrons. The first-order valence-electron chi connectivity index (χ1n) is 6.79. The van der Waals surface area contributed by atoms with E-state index in [1.807, 2.05) is 37.3 Å². The fourth-order valence-corrected chi connectivity index (χ4v) is 3.29. The summed E-state index contributed by atoms with van der Waals surface area (Å²) >= 11 is 0. The lowest BCUT2D eigenvalue weighted by Crippen LogP contribution is -2.38. The number of fused-ring (bicyclic) bond motifs is 1. The quantitative estimate of drug-likeness (QED) is 0.916. The minimum Gasteiger partial charge on any atom is -0.481 e. The van der Waals surface area contributed by atoms with Crippen molar-refractivity contribution >= 4 is 12.1 Å². The van der Waals surface area contributed by atoms with Crippen LogP contribution in [0.15, 0.2) is 30.3 Å². The number of amides is 1. The summed E-state index contributed by atoms with van der Waals surface area (Å²) in [5, 5.41) is 9.02. The Morgan fingerprint density at radius 3 is 2.60 bits per heavy atom. The number of piperidine rings is 1. The van der Waals surface area contributed by atoms with Crippen LogP contribution in [0.5, 0.6) is 0 Å². The summed E-state index contributed by atoms with van der Waals surface area (Å²) in [6, 6.07) is 9.46. The average Bonchev–Trinajstić information content (AvgIpc) is 3.08. The summed E-state index contributed by atoms with van der Waals surface area (Å²) in [6.07, 6.45) is -0.349. The van der Waals surface area contributed by atoms with Gasteiger partial charge in [0.25, 0.3) is 0 Å². The molecule has 0 aromatic heterocycles. The maximum Gasteiger partial charge on any atom is 0.410 e. The number of hydrogen-bond acceptors (Lipinski definition) is 3. The molecule has 2 fully saturated rings. The third-order valence-corrected chi connectivity index (χ3v) is 4.41. The molecular weight excluding hydrogens is 258 g/mol. The summed E-state index contributed by atoms with van der Waals surface area (Å²) in [6.45, 7) is 2.65. The van der Waals surface area contributed by atoms with Crippen LogP contribution in [0, 0.1) is 17.8 Å².